The number of hydrogen-bond acceptors (Lipinski definition) is 1. The van der Waals surface area contributed by atoms with Crippen molar-refractivity contribution in [2.75, 3.05) is 6.54 Å². The summed E-state index contributed by atoms with van der Waals surface area (Å²) < 4.78 is 0. The van der Waals surface area contributed by atoms with E-state index in [2.05, 4.69) is 24.1 Å². The van der Waals surface area contributed by atoms with Crippen LogP contribution in [-0.4, -0.2) is 12.6 Å². The Morgan fingerprint density at radius 1 is 1.24 bits per heavy atom. The summed E-state index contributed by atoms with van der Waals surface area (Å²) >= 11 is 0. The molecule has 3 rings (SSSR count). The molecule has 2 bridgehead atoms. The molecule has 17 heavy (non-hydrogen) atoms. The van der Waals surface area contributed by atoms with Crippen LogP contribution in [0.5, 0.6) is 0 Å². The standard InChI is InChI=1S/C16H25N/c1-3-5-6-7-13(17-4-2)16-14-11-8-9-12(10-11)15(14)16/h11-17H,4,6-10H2,1-2H3. The van der Waals surface area contributed by atoms with Crippen LogP contribution in [0.1, 0.15) is 46.0 Å². The van der Waals surface area contributed by atoms with Crippen molar-refractivity contribution >= 4 is 0 Å². The molecule has 0 aromatic rings. The molecule has 0 aliphatic heterocycles. The average molecular weight is 231 g/mol. The van der Waals surface area contributed by atoms with Gasteiger partial charge < -0.3 is 5.32 Å². The predicted octanol–water partition coefficient (Wildman–Crippen LogP) is 3.06. The molecule has 3 fully saturated rings. The molecule has 3 aliphatic rings. The number of fused-ring (bicyclic) bond motifs is 5. The first-order valence-electron chi connectivity index (χ1n) is 7.49. The van der Waals surface area contributed by atoms with Gasteiger partial charge in [-0.15, -0.1) is 11.8 Å². The van der Waals surface area contributed by atoms with Crippen LogP contribution in [-0.2, 0) is 0 Å². The van der Waals surface area contributed by atoms with Gasteiger partial charge >= 0.3 is 0 Å². The molecule has 5 atom stereocenters. The lowest BCUT2D eigenvalue weighted by molar-refractivity contribution is 0.355. The van der Waals surface area contributed by atoms with Gasteiger partial charge in [-0.25, -0.2) is 0 Å². The second-order valence-electron chi connectivity index (χ2n) is 6.19. The molecular formula is C16H25N. The Morgan fingerprint density at radius 3 is 2.53 bits per heavy atom. The fourth-order valence-corrected chi connectivity index (χ4v) is 4.98. The molecule has 3 saturated carbocycles. The molecule has 5 unspecified atom stereocenters. The van der Waals surface area contributed by atoms with Crippen molar-refractivity contribution in [2.45, 2.75) is 52.0 Å². The van der Waals surface area contributed by atoms with Gasteiger partial charge in [-0.3, -0.25) is 0 Å². The van der Waals surface area contributed by atoms with Crippen LogP contribution in [0.4, 0.5) is 0 Å². The zero-order valence-electron chi connectivity index (χ0n) is 11.2. The quantitative estimate of drug-likeness (QED) is 0.717. The molecule has 0 heterocycles. The van der Waals surface area contributed by atoms with Crippen LogP contribution >= 0.6 is 0 Å². The van der Waals surface area contributed by atoms with Crippen molar-refractivity contribution in [3.8, 4) is 11.8 Å². The van der Waals surface area contributed by atoms with E-state index in [9.17, 15) is 0 Å². The largest absolute Gasteiger partial charge is 0.314 e. The average Bonchev–Trinajstić information content (AvgIpc) is 2.76. The molecule has 0 aromatic carbocycles. The molecule has 1 heteroatoms. The van der Waals surface area contributed by atoms with Gasteiger partial charge in [0.1, 0.15) is 0 Å². The van der Waals surface area contributed by atoms with Crippen LogP contribution in [0.2, 0.25) is 0 Å². The van der Waals surface area contributed by atoms with Crippen LogP contribution in [0.15, 0.2) is 0 Å². The topological polar surface area (TPSA) is 12.0 Å². The maximum atomic E-state index is 3.73. The van der Waals surface area contributed by atoms with Crippen molar-refractivity contribution in [1.82, 2.24) is 5.32 Å². The van der Waals surface area contributed by atoms with E-state index in [1.165, 1.54) is 19.3 Å². The highest BCUT2D eigenvalue weighted by Crippen LogP contribution is 2.70. The lowest BCUT2D eigenvalue weighted by atomic mass is 9.95. The highest BCUT2D eigenvalue weighted by Gasteiger charge is 2.66. The van der Waals surface area contributed by atoms with E-state index in [0.29, 0.717) is 0 Å². The van der Waals surface area contributed by atoms with E-state index in [-0.39, 0.29) is 0 Å². The van der Waals surface area contributed by atoms with E-state index < -0.39 is 0 Å². The van der Waals surface area contributed by atoms with Gasteiger partial charge in [0.15, 0.2) is 0 Å². The van der Waals surface area contributed by atoms with E-state index >= 15 is 0 Å². The van der Waals surface area contributed by atoms with Crippen LogP contribution in [0.25, 0.3) is 0 Å². The van der Waals surface area contributed by atoms with Crippen molar-refractivity contribution in [2.24, 2.45) is 29.6 Å². The second kappa shape index (κ2) is 4.65. The Hall–Kier alpha value is -0.480. The summed E-state index contributed by atoms with van der Waals surface area (Å²) in [6, 6.07) is 0.763. The molecule has 94 valence electrons. The van der Waals surface area contributed by atoms with Gasteiger partial charge in [-0.2, -0.15) is 0 Å². The molecule has 3 aliphatic carbocycles. The Bertz CT molecular complexity index is 321. The lowest BCUT2D eigenvalue weighted by Crippen LogP contribution is -2.33. The summed E-state index contributed by atoms with van der Waals surface area (Å²) in [6.07, 6.45) is 7.00. The third-order valence-corrected chi connectivity index (χ3v) is 5.48. The van der Waals surface area contributed by atoms with Crippen molar-refractivity contribution in [3.05, 3.63) is 0 Å². The first kappa shape index (κ1) is 11.6. The van der Waals surface area contributed by atoms with Crippen molar-refractivity contribution < 1.29 is 0 Å². The molecule has 1 N–H and O–H groups in total. The maximum absolute atomic E-state index is 3.73. The number of hydrogen-bond donors (Lipinski definition) is 1. The van der Waals surface area contributed by atoms with Crippen LogP contribution < -0.4 is 5.32 Å². The van der Waals surface area contributed by atoms with Gasteiger partial charge in [0.05, 0.1) is 0 Å². The van der Waals surface area contributed by atoms with E-state index in [1.54, 1.807) is 6.42 Å². The normalized spacial score (nSPS) is 42.8. The first-order valence-corrected chi connectivity index (χ1v) is 7.49. The summed E-state index contributed by atoms with van der Waals surface area (Å²) in [6.45, 7) is 5.31. The minimum Gasteiger partial charge on any atom is -0.314 e. The Kier molecular flexibility index (Phi) is 3.17. The molecule has 0 saturated heterocycles. The summed E-state index contributed by atoms with van der Waals surface area (Å²) in [7, 11) is 0. The van der Waals surface area contributed by atoms with Crippen molar-refractivity contribution in [1.29, 1.82) is 0 Å². The molecular weight excluding hydrogens is 206 g/mol. The zero-order valence-corrected chi connectivity index (χ0v) is 11.2. The predicted molar refractivity (Wildman–Crippen MR) is 71.4 cm³/mol. The number of nitrogens with one attached hydrogen (secondary N) is 1. The molecule has 0 spiro atoms. The van der Waals surface area contributed by atoms with E-state index in [1.807, 2.05) is 6.92 Å². The lowest BCUT2D eigenvalue weighted by Gasteiger charge is -2.20. The van der Waals surface area contributed by atoms with Crippen LogP contribution in [0.3, 0.4) is 0 Å². The third-order valence-electron chi connectivity index (χ3n) is 5.48. The first-order chi connectivity index (χ1) is 8.36. The fraction of sp³-hybridized carbons (Fsp3) is 0.875. The maximum Gasteiger partial charge on any atom is 0.0110 e. The highest BCUT2D eigenvalue weighted by atomic mass is 14.9. The van der Waals surface area contributed by atoms with Gasteiger partial charge in [-0.1, -0.05) is 6.92 Å². The fourth-order valence-electron chi connectivity index (χ4n) is 4.98. The summed E-state index contributed by atoms with van der Waals surface area (Å²) in [5, 5.41) is 3.73. The molecule has 0 amide bonds. The Labute approximate surface area is 106 Å². The highest BCUT2D eigenvalue weighted by molar-refractivity contribution is 5.16. The smallest absolute Gasteiger partial charge is 0.0110 e. The molecule has 1 nitrogen and oxygen atoms in total. The minimum absolute atomic E-state index is 0.763. The SMILES string of the molecule is CC#CCCC(NCC)C1C2C3CCC(C3)C21. The summed E-state index contributed by atoms with van der Waals surface area (Å²) in [5.74, 6) is 11.7. The third kappa shape index (κ3) is 1.91. The second-order valence-corrected chi connectivity index (χ2v) is 6.19. The Morgan fingerprint density at radius 2 is 1.94 bits per heavy atom. The molecule has 0 aromatic heterocycles. The summed E-state index contributed by atoms with van der Waals surface area (Å²) in [5.41, 5.74) is 0. The van der Waals surface area contributed by atoms with E-state index in [0.717, 1.165) is 48.6 Å². The van der Waals surface area contributed by atoms with Gasteiger partial charge in [0, 0.05) is 12.5 Å². The van der Waals surface area contributed by atoms with E-state index in [4.69, 9.17) is 0 Å². The Balaban J connectivity index is 1.59. The van der Waals surface area contributed by atoms with Gasteiger partial charge in [0.2, 0.25) is 0 Å². The van der Waals surface area contributed by atoms with Crippen LogP contribution in [0, 0.1) is 41.4 Å². The van der Waals surface area contributed by atoms with Crippen molar-refractivity contribution in [3.63, 3.8) is 0 Å². The molecule has 0 radical (unpaired) electrons. The number of rotatable bonds is 5. The summed E-state index contributed by atoms with van der Waals surface area (Å²) in [4.78, 5) is 0. The van der Waals surface area contributed by atoms with Gasteiger partial charge in [-0.05, 0) is 68.7 Å². The minimum atomic E-state index is 0.763. The zero-order chi connectivity index (χ0) is 11.8. The monoisotopic (exact) mass is 231 g/mol. The van der Waals surface area contributed by atoms with Gasteiger partial charge in [0.25, 0.3) is 0 Å².